The zero-order chi connectivity index (χ0) is 21.5. The number of pyridine rings is 1. The Labute approximate surface area is 196 Å². The summed E-state index contributed by atoms with van der Waals surface area (Å²) in [6.07, 6.45) is 12.7. The highest BCUT2D eigenvalue weighted by Gasteiger charge is 2.37. The molecule has 0 bridgehead atoms. The summed E-state index contributed by atoms with van der Waals surface area (Å²) in [5.74, 6) is 1.40. The fourth-order valence-corrected chi connectivity index (χ4v) is 8.93. The number of allylic oxidation sites excluding steroid dienone is 3. The lowest BCUT2D eigenvalue weighted by atomic mass is 9.91. The molecule has 0 aromatic carbocycles. The topological polar surface area (TPSA) is 25.9 Å². The quantitative estimate of drug-likeness (QED) is 0.545. The third-order valence-corrected chi connectivity index (χ3v) is 10.7. The van der Waals surface area contributed by atoms with Crippen LogP contribution in [0.2, 0.25) is 0 Å². The predicted molar refractivity (Wildman–Crippen MR) is 137 cm³/mol. The van der Waals surface area contributed by atoms with Gasteiger partial charge >= 0.3 is 0 Å². The van der Waals surface area contributed by atoms with E-state index in [0.29, 0.717) is 12.1 Å². The standard InChI is InChI=1S/C25H34IN5/c1-18-8-7-13-27-25(18)21-10-5-9-20(29(21)4)24-19(2)31-22(26-24)11-6-12-23(31)30-16-14-28(3)15-17-30/h6-8,11-13,20-21H,5,9-10,14-17H2,1-4H3/t20-,21+/m1/s1. The number of likely N-dealkylation sites (N-methyl/N-ethyl adjacent to an activating group) is 2. The smallest absolute Gasteiger partial charge is 0.113 e. The third-order valence-electron chi connectivity index (χ3n) is 7.23. The number of likely N-dealkylation sites (tertiary alicyclic amines) is 1. The maximum absolute atomic E-state index is 4.79. The number of aromatic nitrogens is 1. The molecule has 5 heterocycles. The van der Waals surface area contributed by atoms with Gasteiger partial charge in [-0.2, -0.15) is 0 Å². The van der Waals surface area contributed by atoms with Crippen LogP contribution in [0.1, 0.15) is 43.5 Å². The van der Waals surface area contributed by atoms with Gasteiger partial charge in [0.2, 0.25) is 0 Å². The van der Waals surface area contributed by atoms with Gasteiger partial charge in [0, 0.05) is 47.7 Å². The lowest BCUT2D eigenvalue weighted by molar-refractivity contribution is 0.136. The van der Waals surface area contributed by atoms with Gasteiger partial charge in [0.05, 0.1) is 15.4 Å². The van der Waals surface area contributed by atoms with Crippen molar-refractivity contribution in [1.29, 1.82) is 0 Å². The summed E-state index contributed by atoms with van der Waals surface area (Å²) in [6, 6.07) is 5.23. The number of piperazine rings is 1. The highest BCUT2D eigenvalue weighted by molar-refractivity contribution is 14.2. The molecule has 1 aromatic heterocycles. The average molecular weight is 531 g/mol. The molecule has 0 radical (unpaired) electrons. The van der Waals surface area contributed by atoms with Crippen LogP contribution in [0.3, 0.4) is 0 Å². The van der Waals surface area contributed by atoms with Crippen molar-refractivity contribution in [2.75, 3.05) is 40.3 Å². The van der Waals surface area contributed by atoms with Gasteiger partial charge in [0.1, 0.15) is 5.82 Å². The second-order valence-corrected chi connectivity index (χ2v) is 12.0. The van der Waals surface area contributed by atoms with Crippen LogP contribution < -0.4 is 0 Å². The van der Waals surface area contributed by atoms with Crippen molar-refractivity contribution in [2.45, 2.75) is 45.2 Å². The predicted octanol–water partition coefficient (Wildman–Crippen LogP) is 4.22. The normalized spacial score (nSPS) is 27.7. The zero-order valence-corrected chi connectivity index (χ0v) is 21.3. The van der Waals surface area contributed by atoms with Crippen LogP contribution in [0.4, 0.5) is 0 Å². The summed E-state index contributed by atoms with van der Waals surface area (Å²) in [6.45, 7) is 9.10. The fourth-order valence-electron chi connectivity index (χ4n) is 5.35. The van der Waals surface area contributed by atoms with E-state index < -0.39 is 0 Å². The zero-order valence-electron chi connectivity index (χ0n) is 19.2. The minimum Gasteiger partial charge on any atom is -0.355 e. The van der Waals surface area contributed by atoms with Gasteiger partial charge in [-0.1, -0.05) is 32.9 Å². The van der Waals surface area contributed by atoms with Crippen LogP contribution in [0.15, 0.2) is 51.7 Å². The number of nitrogens with zero attached hydrogens (tertiary/aromatic N) is 5. The van der Waals surface area contributed by atoms with Gasteiger partial charge < -0.3 is 9.80 Å². The number of aryl methyl sites for hydroxylation is 1. The van der Waals surface area contributed by atoms with E-state index in [1.54, 1.807) is 7.21 Å². The van der Waals surface area contributed by atoms with E-state index in [-0.39, 0.29) is 20.7 Å². The Balaban J connectivity index is 1.43. The summed E-state index contributed by atoms with van der Waals surface area (Å²) in [4.78, 5) is 15.0. The Hall–Kier alpha value is -1.51. The molecule has 31 heavy (non-hydrogen) atoms. The van der Waals surface area contributed by atoms with E-state index >= 15 is 0 Å². The lowest BCUT2D eigenvalue weighted by Gasteiger charge is -2.41. The lowest BCUT2D eigenvalue weighted by Crippen LogP contribution is -2.48. The number of halogens is 1. The van der Waals surface area contributed by atoms with Crippen LogP contribution in [0.25, 0.3) is 0 Å². The molecule has 2 saturated heterocycles. The molecule has 6 heteroatoms. The summed E-state index contributed by atoms with van der Waals surface area (Å²) in [7, 11) is 4.56. The second-order valence-electron chi connectivity index (χ2n) is 9.19. The van der Waals surface area contributed by atoms with E-state index in [2.05, 4.69) is 77.9 Å². The molecule has 4 aliphatic rings. The SMILES string of the molecule is CC1=C([C@H]2CCC[C@@H](c3ncccc3C)N2C)I=C2C=CC=C(N3CCN(C)CC3)N21. The van der Waals surface area contributed by atoms with Gasteiger partial charge in [0.25, 0.3) is 0 Å². The molecule has 0 N–H and O–H groups in total. The minimum absolute atomic E-state index is 0.138. The van der Waals surface area contributed by atoms with Crippen LogP contribution >= 0.6 is 20.7 Å². The number of piperidine rings is 1. The Morgan fingerprint density at radius 3 is 2.58 bits per heavy atom. The molecular formula is C25H34IN5. The number of hydrogen-bond acceptors (Lipinski definition) is 5. The largest absolute Gasteiger partial charge is 0.355 e. The van der Waals surface area contributed by atoms with Crippen molar-refractivity contribution in [1.82, 2.24) is 24.6 Å². The Morgan fingerprint density at radius 1 is 1.03 bits per heavy atom. The third kappa shape index (κ3) is 3.91. The molecule has 166 valence electrons. The van der Waals surface area contributed by atoms with Gasteiger partial charge in [-0.05, 0) is 71.0 Å². The van der Waals surface area contributed by atoms with Crippen molar-refractivity contribution >= 4 is 24.4 Å². The van der Waals surface area contributed by atoms with Crippen molar-refractivity contribution in [3.05, 3.63) is 62.9 Å². The van der Waals surface area contributed by atoms with E-state index in [0.717, 1.165) is 26.2 Å². The first-order chi connectivity index (χ1) is 15.0. The van der Waals surface area contributed by atoms with Gasteiger partial charge in [0.15, 0.2) is 0 Å². The summed E-state index contributed by atoms with van der Waals surface area (Å²) >= 11 is -0.138. The van der Waals surface area contributed by atoms with E-state index in [1.807, 2.05) is 6.20 Å². The van der Waals surface area contributed by atoms with Crippen molar-refractivity contribution in [2.24, 2.45) is 0 Å². The van der Waals surface area contributed by atoms with Crippen LogP contribution in [0, 0.1) is 6.92 Å². The number of fused-ring (bicyclic) bond motifs is 1. The fraction of sp³-hybridized carbons (Fsp3) is 0.520. The van der Waals surface area contributed by atoms with Crippen LogP contribution in [-0.4, -0.2) is 74.5 Å². The number of hydrogen-bond donors (Lipinski definition) is 0. The van der Waals surface area contributed by atoms with Crippen LogP contribution in [0.5, 0.6) is 0 Å². The molecule has 0 aliphatic carbocycles. The molecule has 1 aromatic rings. The monoisotopic (exact) mass is 531 g/mol. The highest BCUT2D eigenvalue weighted by Crippen LogP contribution is 2.45. The first-order valence-electron chi connectivity index (χ1n) is 11.5. The second kappa shape index (κ2) is 8.79. The summed E-state index contributed by atoms with van der Waals surface area (Å²) < 4.78 is 3.26. The molecule has 0 amide bonds. The van der Waals surface area contributed by atoms with Gasteiger partial charge in [-0.3, -0.25) is 14.8 Å². The first-order valence-corrected chi connectivity index (χ1v) is 13.7. The highest BCUT2D eigenvalue weighted by atomic mass is 127. The maximum atomic E-state index is 4.79. The van der Waals surface area contributed by atoms with Crippen molar-refractivity contribution in [3.63, 3.8) is 0 Å². The molecule has 0 saturated carbocycles. The first kappa shape index (κ1) is 21.3. The average Bonchev–Trinajstić information content (AvgIpc) is 3.12. The van der Waals surface area contributed by atoms with E-state index in [1.165, 1.54) is 42.0 Å². The molecule has 5 nitrogen and oxygen atoms in total. The van der Waals surface area contributed by atoms with Gasteiger partial charge in [-0.15, -0.1) is 0 Å². The van der Waals surface area contributed by atoms with Gasteiger partial charge in [-0.25, -0.2) is 0 Å². The minimum atomic E-state index is -0.138. The summed E-state index contributed by atoms with van der Waals surface area (Å²) in [5.41, 5.74) is 4.09. The Morgan fingerprint density at radius 2 is 1.81 bits per heavy atom. The molecule has 5 rings (SSSR count). The molecule has 0 unspecified atom stereocenters. The van der Waals surface area contributed by atoms with E-state index in [4.69, 9.17) is 4.98 Å². The molecular weight excluding hydrogens is 497 g/mol. The van der Waals surface area contributed by atoms with Crippen molar-refractivity contribution < 1.29 is 0 Å². The Bertz CT molecular complexity index is 970. The van der Waals surface area contributed by atoms with E-state index in [9.17, 15) is 0 Å². The summed E-state index contributed by atoms with van der Waals surface area (Å²) in [5, 5.41) is 0. The van der Waals surface area contributed by atoms with Crippen molar-refractivity contribution in [3.8, 4) is 0 Å². The Kier molecular flexibility index (Phi) is 6.05. The molecule has 2 atom stereocenters. The number of rotatable bonds is 3. The van der Waals surface area contributed by atoms with Crippen LogP contribution in [-0.2, 0) is 0 Å². The maximum Gasteiger partial charge on any atom is 0.113 e. The molecule has 2 fully saturated rings. The molecule has 4 aliphatic heterocycles. The molecule has 0 spiro atoms.